The summed E-state index contributed by atoms with van der Waals surface area (Å²) in [6, 6.07) is 17.8. The van der Waals surface area contributed by atoms with E-state index in [1.807, 2.05) is 42.5 Å². The van der Waals surface area contributed by atoms with Crippen molar-refractivity contribution in [3.05, 3.63) is 65.7 Å². The molecule has 0 aliphatic rings. The standard InChI is InChI=1S/C35H41N3O2/c1-3-5-7-9-12-22(13-10-8-6-4-2)38-35(40)29-19-17-26-24-20-21-30(36)27-15-11-14-23(31(24)27)25-16-18-28(34(37)39)33(29)32(25)26/h11,14-22H,3-10,12-13,36H2,1-2H3,(H2,37,39)(H,38,40). The van der Waals surface area contributed by atoms with Crippen molar-refractivity contribution >= 4 is 60.6 Å². The van der Waals surface area contributed by atoms with Crippen molar-refractivity contribution in [1.82, 2.24) is 5.32 Å². The Morgan fingerprint density at radius 1 is 0.650 bits per heavy atom. The van der Waals surface area contributed by atoms with E-state index >= 15 is 0 Å². The van der Waals surface area contributed by atoms with Crippen LogP contribution in [-0.4, -0.2) is 17.9 Å². The highest BCUT2D eigenvalue weighted by molar-refractivity contribution is 6.36. The molecule has 40 heavy (non-hydrogen) atoms. The fourth-order valence-corrected chi connectivity index (χ4v) is 6.40. The first-order valence-electron chi connectivity index (χ1n) is 15.0. The van der Waals surface area contributed by atoms with E-state index in [-0.39, 0.29) is 11.9 Å². The number of anilines is 1. The van der Waals surface area contributed by atoms with Gasteiger partial charge in [0.15, 0.2) is 0 Å². The fourth-order valence-electron chi connectivity index (χ4n) is 6.40. The van der Waals surface area contributed by atoms with Gasteiger partial charge >= 0.3 is 0 Å². The van der Waals surface area contributed by atoms with Gasteiger partial charge in [0.05, 0.1) is 0 Å². The molecule has 0 unspecified atom stereocenters. The van der Waals surface area contributed by atoms with Crippen LogP contribution in [0.2, 0.25) is 0 Å². The molecule has 0 saturated heterocycles. The number of amides is 2. The summed E-state index contributed by atoms with van der Waals surface area (Å²) < 4.78 is 0. The van der Waals surface area contributed by atoms with E-state index < -0.39 is 5.91 Å². The number of rotatable bonds is 13. The molecule has 0 aromatic heterocycles. The lowest BCUT2D eigenvalue weighted by molar-refractivity contribution is 0.0933. The zero-order valence-corrected chi connectivity index (χ0v) is 23.8. The van der Waals surface area contributed by atoms with E-state index in [0.717, 1.165) is 69.1 Å². The maximum atomic E-state index is 14.0. The number of hydrogen-bond acceptors (Lipinski definition) is 3. The van der Waals surface area contributed by atoms with Crippen LogP contribution < -0.4 is 16.8 Å². The molecule has 5 aromatic carbocycles. The number of unbranched alkanes of at least 4 members (excludes halogenated alkanes) is 6. The number of nitrogens with two attached hydrogens (primary N) is 2. The van der Waals surface area contributed by atoms with E-state index in [0.29, 0.717) is 16.5 Å². The third-order valence-corrected chi connectivity index (χ3v) is 8.47. The van der Waals surface area contributed by atoms with Gasteiger partial charge in [-0.2, -0.15) is 0 Å². The molecule has 208 valence electrons. The lowest BCUT2D eigenvalue weighted by Gasteiger charge is -2.21. The third kappa shape index (κ3) is 5.17. The Morgan fingerprint density at radius 2 is 1.20 bits per heavy atom. The highest BCUT2D eigenvalue weighted by Gasteiger charge is 2.23. The van der Waals surface area contributed by atoms with Crippen molar-refractivity contribution in [2.75, 3.05) is 5.73 Å². The first-order valence-corrected chi connectivity index (χ1v) is 15.0. The molecule has 2 amide bonds. The molecule has 0 saturated carbocycles. The highest BCUT2D eigenvalue weighted by Crippen LogP contribution is 2.43. The topological polar surface area (TPSA) is 98.2 Å². The van der Waals surface area contributed by atoms with Crippen molar-refractivity contribution in [1.29, 1.82) is 0 Å². The molecule has 0 heterocycles. The van der Waals surface area contributed by atoms with Gasteiger partial charge in [0.25, 0.3) is 5.91 Å². The summed E-state index contributed by atoms with van der Waals surface area (Å²) in [5.41, 5.74) is 13.9. The summed E-state index contributed by atoms with van der Waals surface area (Å²) in [7, 11) is 0. The zero-order valence-electron chi connectivity index (χ0n) is 23.8. The van der Waals surface area contributed by atoms with Crippen LogP contribution in [0.25, 0.3) is 43.1 Å². The Bertz CT molecular complexity index is 1640. The Balaban J connectivity index is 1.62. The van der Waals surface area contributed by atoms with Gasteiger partial charge in [0.1, 0.15) is 0 Å². The summed E-state index contributed by atoms with van der Waals surface area (Å²) in [6.45, 7) is 4.43. The van der Waals surface area contributed by atoms with Crippen LogP contribution >= 0.6 is 0 Å². The Kier molecular flexibility index (Phi) is 8.39. The molecule has 5 rings (SSSR count). The number of carbonyl (C=O) groups excluding carboxylic acids is 2. The second-order valence-corrected chi connectivity index (χ2v) is 11.2. The average Bonchev–Trinajstić information content (AvgIpc) is 2.96. The molecule has 5 N–H and O–H groups in total. The molecule has 0 radical (unpaired) electrons. The number of nitrogens with one attached hydrogen (secondary N) is 1. The van der Waals surface area contributed by atoms with Gasteiger partial charge in [-0.25, -0.2) is 0 Å². The van der Waals surface area contributed by atoms with Gasteiger partial charge < -0.3 is 16.8 Å². The predicted octanol–water partition coefficient (Wildman–Crippen LogP) is 8.46. The maximum absolute atomic E-state index is 14.0. The van der Waals surface area contributed by atoms with Crippen LogP contribution in [-0.2, 0) is 0 Å². The van der Waals surface area contributed by atoms with Crippen LogP contribution in [0.15, 0.2) is 54.6 Å². The van der Waals surface area contributed by atoms with E-state index in [4.69, 9.17) is 11.5 Å². The van der Waals surface area contributed by atoms with Crippen LogP contribution in [0.1, 0.15) is 98.8 Å². The third-order valence-electron chi connectivity index (χ3n) is 8.47. The minimum absolute atomic E-state index is 0.113. The number of primary amides is 1. The average molecular weight is 536 g/mol. The van der Waals surface area contributed by atoms with E-state index in [2.05, 4.69) is 25.2 Å². The molecule has 0 bridgehead atoms. The van der Waals surface area contributed by atoms with Crippen molar-refractivity contribution < 1.29 is 9.59 Å². The molecule has 0 atom stereocenters. The van der Waals surface area contributed by atoms with Crippen LogP contribution in [0.4, 0.5) is 5.69 Å². The van der Waals surface area contributed by atoms with Crippen molar-refractivity contribution in [3.8, 4) is 0 Å². The second kappa shape index (κ2) is 12.1. The number of fused-ring (bicyclic) bond motifs is 2. The van der Waals surface area contributed by atoms with Crippen molar-refractivity contribution in [3.63, 3.8) is 0 Å². The smallest absolute Gasteiger partial charge is 0.252 e. The summed E-state index contributed by atoms with van der Waals surface area (Å²) >= 11 is 0. The number of nitrogen functional groups attached to an aromatic ring is 1. The minimum Gasteiger partial charge on any atom is -0.398 e. The molecular formula is C35H41N3O2. The molecular weight excluding hydrogens is 494 g/mol. The summed E-state index contributed by atoms with van der Waals surface area (Å²) in [5.74, 6) is -0.668. The first kappa shape index (κ1) is 27.7. The Labute approximate surface area is 236 Å². The van der Waals surface area contributed by atoms with E-state index in [1.54, 1.807) is 6.07 Å². The van der Waals surface area contributed by atoms with E-state index in [9.17, 15) is 9.59 Å². The molecule has 0 spiro atoms. The van der Waals surface area contributed by atoms with Crippen LogP contribution in [0.3, 0.4) is 0 Å². The van der Waals surface area contributed by atoms with Gasteiger partial charge in [-0.3, -0.25) is 9.59 Å². The molecule has 0 fully saturated rings. The lowest BCUT2D eigenvalue weighted by Crippen LogP contribution is -2.35. The van der Waals surface area contributed by atoms with Crippen molar-refractivity contribution in [2.24, 2.45) is 5.73 Å². The lowest BCUT2D eigenvalue weighted by atomic mass is 9.86. The first-order chi connectivity index (χ1) is 19.5. The molecule has 0 aliphatic carbocycles. The Hall–Kier alpha value is -3.86. The monoisotopic (exact) mass is 535 g/mol. The van der Waals surface area contributed by atoms with Gasteiger partial charge in [0, 0.05) is 33.6 Å². The minimum atomic E-state index is -0.533. The molecule has 5 aromatic rings. The highest BCUT2D eigenvalue weighted by atomic mass is 16.2. The Morgan fingerprint density at radius 3 is 1.82 bits per heavy atom. The number of hydrogen-bond donors (Lipinski definition) is 3. The fraction of sp³-hybridized carbons (Fsp3) is 0.371. The molecule has 5 nitrogen and oxygen atoms in total. The van der Waals surface area contributed by atoms with E-state index in [1.165, 1.54) is 38.5 Å². The van der Waals surface area contributed by atoms with Gasteiger partial charge in [-0.1, -0.05) is 102 Å². The summed E-state index contributed by atoms with van der Waals surface area (Å²) in [4.78, 5) is 26.7. The van der Waals surface area contributed by atoms with Crippen LogP contribution in [0, 0.1) is 0 Å². The van der Waals surface area contributed by atoms with Gasteiger partial charge in [-0.05, 0) is 63.4 Å². The van der Waals surface area contributed by atoms with Crippen molar-refractivity contribution in [2.45, 2.75) is 84.1 Å². The molecule has 5 heteroatoms. The summed E-state index contributed by atoms with van der Waals surface area (Å²) in [5, 5.41) is 11.1. The predicted molar refractivity (Wildman–Crippen MR) is 169 cm³/mol. The largest absolute Gasteiger partial charge is 0.398 e. The normalized spacial score (nSPS) is 11.9. The van der Waals surface area contributed by atoms with Gasteiger partial charge in [0.2, 0.25) is 5.91 Å². The SMILES string of the molecule is CCCCCCC(CCCCCC)NC(=O)c1ccc2c3ccc(N)c4cccc(c5ccc(C(N)=O)c1c52)c43. The summed E-state index contributed by atoms with van der Waals surface area (Å²) in [6.07, 6.45) is 11.3. The quantitative estimate of drug-likeness (QED) is 0.0610. The zero-order chi connectivity index (χ0) is 28.2. The number of benzene rings is 5. The number of carbonyl (C=O) groups is 2. The van der Waals surface area contributed by atoms with Gasteiger partial charge in [-0.15, -0.1) is 0 Å². The maximum Gasteiger partial charge on any atom is 0.252 e. The second-order valence-electron chi connectivity index (χ2n) is 11.2. The van der Waals surface area contributed by atoms with Crippen LogP contribution in [0.5, 0.6) is 0 Å². The molecule has 0 aliphatic heterocycles.